The average molecular weight is 470 g/mol. The minimum Gasteiger partial charge on any atom is -0.460 e. The summed E-state index contributed by atoms with van der Waals surface area (Å²) in [5.74, 6) is 2.96. The number of hydrogen-bond donors (Lipinski definition) is 2. The molecule has 0 aliphatic rings. The van der Waals surface area contributed by atoms with Gasteiger partial charge in [0.25, 0.3) is 11.8 Å². The van der Waals surface area contributed by atoms with E-state index in [0.717, 1.165) is 11.5 Å². The quantitative estimate of drug-likeness (QED) is 0.283. The fraction of sp³-hybridized carbons (Fsp3) is 0.0769. The molecule has 0 spiro atoms. The predicted octanol–water partition coefficient (Wildman–Crippen LogP) is 4.81. The normalized spacial score (nSPS) is 11.1. The highest BCUT2D eigenvalue weighted by Gasteiger charge is 2.07. The van der Waals surface area contributed by atoms with Crippen molar-refractivity contribution in [1.82, 2.24) is 10.9 Å². The van der Waals surface area contributed by atoms with Gasteiger partial charge in [-0.15, -0.1) is 0 Å². The Bertz CT molecular complexity index is 1260. The summed E-state index contributed by atoms with van der Waals surface area (Å²) in [6.45, 7) is 3.65. The third-order valence-corrected chi connectivity index (χ3v) is 4.71. The Morgan fingerprint density at radius 1 is 0.657 bits per heavy atom. The van der Waals surface area contributed by atoms with Crippen molar-refractivity contribution in [2.24, 2.45) is 10.2 Å². The summed E-state index contributed by atoms with van der Waals surface area (Å²) < 4.78 is 16.5. The standard InChI is InChI=1S/C26H22N4O5/c1-17-3-9-23(33-17)15-27-29-25(31)19-5-11-21(12-6-19)35-22-13-7-20(8-14-22)26(32)30-28-16-24-10-4-18(2)34-24/h3-16H,1-2H3,(H,29,31)(H,30,32). The van der Waals surface area contributed by atoms with Crippen LogP contribution in [0.25, 0.3) is 0 Å². The molecule has 0 aliphatic carbocycles. The number of rotatable bonds is 8. The molecule has 2 aromatic carbocycles. The van der Waals surface area contributed by atoms with Gasteiger partial charge in [0, 0.05) is 11.1 Å². The van der Waals surface area contributed by atoms with E-state index in [1.54, 1.807) is 60.7 Å². The largest absolute Gasteiger partial charge is 0.460 e. The highest BCUT2D eigenvalue weighted by molar-refractivity contribution is 5.95. The van der Waals surface area contributed by atoms with Crippen LogP contribution < -0.4 is 15.6 Å². The van der Waals surface area contributed by atoms with Crippen LogP contribution in [0.5, 0.6) is 11.5 Å². The van der Waals surface area contributed by atoms with Crippen LogP contribution in [0.3, 0.4) is 0 Å². The van der Waals surface area contributed by atoms with Crippen LogP contribution in [0.2, 0.25) is 0 Å². The van der Waals surface area contributed by atoms with Crippen molar-refractivity contribution in [3.8, 4) is 11.5 Å². The van der Waals surface area contributed by atoms with Crippen molar-refractivity contribution in [2.45, 2.75) is 13.8 Å². The molecule has 0 saturated heterocycles. The number of carbonyl (C=O) groups excluding carboxylic acids is 2. The van der Waals surface area contributed by atoms with Gasteiger partial charge in [-0.1, -0.05) is 0 Å². The third-order valence-electron chi connectivity index (χ3n) is 4.71. The zero-order chi connectivity index (χ0) is 24.6. The van der Waals surface area contributed by atoms with Gasteiger partial charge in [-0.25, -0.2) is 10.9 Å². The number of furan rings is 2. The highest BCUT2D eigenvalue weighted by Crippen LogP contribution is 2.22. The second-order valence-corrected chi connectivity index (χ2v) is 7.45. The van der Waals surface area contributed by atoms with Gasteiger partial charge in [-0.2, -0.15) is 10.2 Å². The van der Waals surface area contributed by atoms with E-state index in [1.807, 2.05) is 26.0 Å². The molecule has 4 aromatic rings. The fourth-order valence-corrected chi connectivity index (χ4v) is 2.97. The number of nitrogens with one attached hydrogen (secondary N) is 2. The molecule has 2 amide bonds. The van der Waals surface area contributed by atoms with Gasteiger partial charge in [0.1, 0.15) is 34.5 Å². The maximum Gasteiger partial charge on any atom is 0.271 e. The van der Waals surface area contributed by atoms with E-state index in [0.29, 0.717) is 34.1 Å². The average Bonchev–Trinajstić information content (AvgIpc) is 3.47. The van der Waals surface area contributed by atoms with Crippen molar-refractivity contribution in [3.63, 3.8) is 0 Å². The second-order valence-electron chi connectivity index (χ2n) is 7.45. The Kier molecular flexibility index (Phi) is 7.17. The molecular formula is C26H22N4O5. The molecule has 0 radical (unpaired) electrons. The molecule has 2 heterocycles. The first kappa shape index (κ1) is 23.2. The van der Waals surface area contributed by atoms with E-state index in [-0.39, 0.29) is 11.8 Å². The molecule has 9 nitrogen and oxygen atoms in total. The maximum atomic E-state index is 12.2. The van der Waals surface area contributed by atoms with Crippen molar-refractivity contribution < 1.29 is 23.2 Å². The van der Waals surface area contributed by atoms with Gasteiger partial charge >= 0.3 is 0 Å². The monoisotopic (exact) mass is 470 g/mol. The number of ether oxygens (including phenoxy) is 1. The Labute approximate surface area is 201 Å². The van der Waals surface area contributed by atoms with E-state index in [4.69, 9.17) is 13.6 Å². The molecular weight excluding hydrogens is 448 g/mol. The molecule has 0 atom stereocenters. The topological polar surface area (TPSA) is 118 Å². The van der Waals surface area contributed by atoms with Crippen LogP contribution in [0.4, 0.5) is 0 Å². The van der Waals surface area contributed by atoms with Crippen LogP contribution >= 0.6 is 0 Å². The minimum absolute atomic E-state index is 0.365. The van der Waals surface area contributed by atoms with Crippen molar-refractivity contribution >= 4 is 24.2 Å². The Morgan fingerprint density at radius 3 is 1.40 bits per heavy atom. The molecule has 176 valence electrons. The molecule has 9 heteroatoms. The number of benzene rings is 2. The highest BCUT2D eigenvalue weighted by atomic mass is 16.5. The van der Waals surface area contributed by atoms with Crippen LogP contribution in [0.15, 0.2) is 91.8 Å². The van der Waals surface area contributed by atoms with Crippen molar-refractivity contribution in [1.29, 1.82) is 0 Å². The minimum atomic E-state index is -0.365. The lowest BCUT2D eigenvalue weighted by Gasteiger charge is -2.07. The lowest BCUT2D eigenvalue weighted by molar-refractivity contribution is 0.0947. The summed E-state index contributed by atoms with van der Waals surface area (Å²) in [4.78, 5) is 24.4. The molecule has 0 fully saturated rings. The smallest absolute Gasteiger partial charge is 0.271 e. The molecule has 2 aromatic heterocycles. The van der Waals surface area contributed by atoms with E-state index >= 15 is 0 Å². The summed E-state index contributed by atoms with van der Waals surface area (Å²) >= 11 is 0. The molecule has 0 bridgehead atoms. The van der Waals surface area contributed by atoms with Gasteiger partial charge < -0.3 is 13.6 Å². The maximum absolute atomic E-state index is 12.2. The van der Waals surface area contributed by atoms with Crippen molar-refractivity contribution in [2.75, 3.05) is 0 Å². The SMILES string of the molecule is Cc1ccc(C=NNC(=O)c2ccc(Oc3ccc(C(=O)NN=Cc4ccc(C)o4)cc3)cc2)o1. The van der Waals surface area contributed by atoms with Crippen LogP contribution in [-0.2, 0) is 0 Å². The molecule has 35 heavy (non-hydrogen) atoms. The number of carbonyl (C=O) groups is 2. The van der Waals surface area contributed by atoms with Crippen LogP contribution in [0.1, 0.15) is 43.8 Å². The van der Waals surface area contributed by atoms with Gasteiger partial charge in [0.2, 0.25) is 0 Å². The van der Waals surface area contributed by atoms with Gasteiger partial charge in [-0.05, 0) is 86.6 Å². The van der Waals surface area contributed by atoms with Crippen LogP contribution in [-0.4, -0.2) is 24.2 Å². The van der Waals surface area contributed by atoms with Crippen LogP contribution in [0, 0.1) is 13.8 Å². The molecule has 0 aliphatic heterocycles. The Hall–Kier alpha value is -4.92. The first-order chi connectivity index (χ1) is 17.0. The summed E-state index contributed by atoms with van der Waals surface area (Å²) in [5, 5.41) is 7.77. The fourth-order valence-electron chi connectivity index (χ4n) is 2.97. The number of hydrazone groups is 2. The molecule has 0 saturated carbocycles. The summed E-state index contributed by atoms with van der Waals surface area (Å²) in [5.41, 5.74) is 5.73. The lowest BCUT2D eigenvalue weighted by atomic mass is 10.2. The Balaban J connectivity index is 1.28. The summed E-state index contributed by atoms with van der Waals surface area (Å²) in [6.07, 6.45) is 2.86. The zero-order valence-electron chi connectivity index (χ0n) is 19.0. The molecule has 0 unspecified atom stereocenters. The van der Waals surface area contributed by atoms with E-state index in [1.165, 1.54) is 12.4 Å². The van der Waals surface area contributed by atoms with E-state index in [2.05, 4.69) is 21.1 Å². The number of amides is 2. The van der Waals surface area contributed by atoms with Crippen molar-refractivity contribution in [3.05, 3.63) is 107 Å². The first-order valence-electron chi connectivity index (χ1n) is 10.6. The number of nitrogens with zero attached hydrogens (tertiary/aromatic N) is 2. The summed E-state index contributed by atoms with van der Waals surface area (Å²) in [7, 11) is 0. The molecule has 2 N–H and O–H groups in total. The Morgan fingerprint density at radius 2 is 1.06 bits per heavy atom. The van der Waals surface area contributed by atoms with Gasteiger partial charge in [-0.3, -0.25) is 9.59 Å². The van der Waals surface area contributed by atoms with E-state index in [9.17, 15) is 9.59 Å². The third kappa shape index (κ3) is 6.55. The van der Waals surface area contributed by atoms with Gasteiger partial charge in [0.15, 0.2) is 0 Å². The zero-order valence-corrected chi connectivity index (χ0v) is 19.0. The summed E-state index contributed by atoms with van der Waals surface area (Å²) in [6, 6.07) is 20.3. The number of aryl methyl sites for hydroxylation is 2. The number of hydrogen-bond acceptors (Lipinski definition) is 7. The predicted molar refractivity (Wildman–Crippen MR) is 130 cm³/mol. The second kappa shape index (κ2) is 10.8. The van der Waals surface area contributed by atoms with E-state index < -0.39 is 0 Å². The van der Waals surface area contributed by atoms with Gasteiger partial charge in [0.05, 0.1) is 12.4 Å². The first-order valence-corrected chi connectivity index (χ1v) is 10.6. The molecule has 4 rings (SSSR count). The lowest BCUT2D eigenvalue weighted by Crippen LogP contribution is -2.17.